The Balaban J connectivity index is 2.43. The molecule has 0 aliphatic heterocycles. The van der Waals surface area contributed by atoms with Gasteiger partial charge in [0.2, 0.25) is 0 Å². The summed E-state index contributed by atoms with van der Waals surface area (Å²) >= 11 is 0. The lowest BCUT2D eigenvalue weighted by atomic mass is 9.98. The molecule has 116 valence electrons. The summed E-state index contributed by atoms with van der Waals surface area (Å²) in [5, 5.41) is 14.1. The van der Waals surface area contributed by atoms with E-state index >= 15 is 0 Å². The van der Waals surface area contributed by atoms with Gasteiger partial charge in [-0.05, 0) is 30.5 Å². The highest BCUT2D eigenvalue weighted by molar-refractivity contribution is 5.89. The van der Waals surface area contributed by atoms with Crippen LogP contribution in [-0.4, -0.2) is 36.9 Å². The van der Waals surface area contributed by atoms with Crippen molar-refractivity contribution in [1.82, 2.24) is 5.32 Å². The normalized spacial score (nSPS) is 11.7. The van der Waals surface area contributed by atoms with Gasteiger partial charge < -0.3 is 20.5 Å². The SMILES string of the molecule is CCOCCNC(=O)Nc1ccc(C(C)CC(=O)O)cc1. The Labute approximate surface area is 124 Å². The Bertz CT molecular complexity index is 459. The zero-order valence-electron chi connectivity index (χ0n) is 12.4. The Morgan fingerprint density at radius 1 is 1.29 bits per heavy atom. The van der Waals surface area contributed by atoms with Crippen LogP contribution >= 0.6 is 0 Å². The largest absolute Gasteiger partial charge is 0.481 e. The molecule has 6 nitrogen and oxygen atoms in total. The molecule has 0 saturated heterocycles. The fraction of sp³-hybridized carbons (Fsp3) is 0.467. The number of carboxylic acid groups (broad SMARTS) is 1. The highest BCUT2D eigenvalue weighted by Crippen LogP contribution is 2.20. The van der Waals surface area contributed by atoms with E-state index in [0.717, 1.165) is 5.56 Å². The quantitative estimate of drug-likeness (QED) is 0.642. The zero-order chi connectivity index (χ0) is 15.7. The third-order valence-electron chi connectivity index (χ3n) is 2.95. The molecular formula is C15H22N2O4. The Morgan fingerprint density at radius 3 is 2.52 bits per heavy atom. The molecule has 0 bridgehead atoms. The lowest BCUT2D eigenvalue weighted by molar-refractivity contribution is -0.137. The van der Waals surface area contributed by atoms with Crippen molar-refractivity contribution in [2.24, 2.45) is 0 Å². The number of nitrogens with one attached hydrogen (secondary N) is 2. The van der Waals surface area contributed by atoms with Crippen LogP contribution in [0.1, 0.15) is 31.7 Å². The van der Waals surface area contributed by atoms with Crippen LogP contribution < -0.4 is 10.6 Å². The van der Waals surface area contributed by atoms with Crippen molar-refractivity contribution >= 4 is 17.7 Å². The highest BCUT2D eigenvalue weighted by atomic mass is 16.5. The van der Waals surface area contributed by atoms with Crippen molar-refractivity contribution in [3.8, 4) is 0 Å². The number of anilines is 1. The van der Waals surface area contributed by atoms with E-state index in [4.69, 9.17) is 9.84 Å². The van der Waals surface area contributed by atoms with Crippen LogP contribution in [0.25, 0.3) is 0 Å². The smallest absolute Gasteiger partial charge is 0.319 e. The molecule has 0 radical (unpaired) electrons. The molecule has 0 aromatic heterocycles. The third kappa shape index (κ3) is 6.76. The van der Waals surface area contributed by atoms with E-state index in [-0.39, 0.29) is 18.4 Å². The molecule has 2 amide bonds. The molecular weight excluding hydrogens is 272 g/mol. The van der Waals surface area contributed by atoms with Crippen LogP contribution in [0.3, 0.4) is 0 Å². The van der Waals surface area contributed by atoms with E-state index in [1.165, 1.54) is 0 Å². The average Bonchev–Trinajstić information content (AvgIpc) is 2.43. The number of carbonyl (C=O) groups is 2. The summed E-state index contributed by atoms with van der Waals surface area (Å²) in [6.45, 7) is 5.31. The number of hydrogen-bond donors (Lipinski definition) is 3. The standard InChI is InChI=1S/C15H22N2O4/c1-3-21-9-8-16-15(20)17-13-6-4-12(5-7-13)11(2)10-14(18)19/h4-7,11H,3,8-10H2,1-2H3,(H,18,19)(H2,16,17,20). The fourth-order valence-electron chi connectivity index (χ4n) is 1.83. The summed E-state index contributed by atoms with van der Waals surface area (Å²) in [7, 11) is 0. The molecule has 0 aliphatic carbocycles. The number of ether oxygens (including phenoxy) is 1. The summed E-state index contributed by atoms with van der Waals surface area (Å²) < 4.78 is 5.12. The number of urea groups is 1. The molecule has 0 spiro atoms. The number of hydrogen-bond acceptors (Lipinski definition) is 3. The molecule has 0 saturated carbocycles. The number of benzene rings is 1. The Hall–Kier alpha value is -2.08. The molecule has 1 rings (SSSR count). The van der Waals surface area contributed by atoms with Crippen LogP contribution in [-0.2, 0) is 9.53 Å². The second kappa shape index (κ2) is 8.97. The van der Waals surface area contributed by atoms with Crippen LogP contribution in [0.15, 0.2) is 24.3 Å². The van der Waals surface area contributed by atoms with Crippen molar-refractivity contribution in [3.05, 3.63) is 29.8 Å². The minimum atomic E-state index is -0.821. The van der Waals surface area contributed by atoms with Crippen LogP contribution in [0.2, 0.25) is 0 Å². The number of carbonyl (C=O) groups excluding carboxylic acids is 1. The lowest BCUT2D eigenvalue weighted by Crippen LogP contribution is -2.31. The van der Waals surface area contributed by atoms with Gasteiger partial charge >= 0.3 is 12.0 Å². The zero-order valence-corrected chi connectivity index (χ0v) is 12.4. The highest BCUT2D eigenvalue weighted by Gasteiger charge is 2.10. The van der Waals surface area contributed by atoms with E-state index in [1.54, 1.807) is 12.1 Å². The Kier molecular flexibility index (Phi) is 7.25. The average molecular weight is 294 g/mol. The fourth-order valence-corrected chi connectivity index (χ4v) is 1.83. The van der Waals surface area contributed by atoms with Crippen LogP contribution in [0.4, 0.5) is 10.5 Å². The van der Waals surface area contributed by atoms with Gasteiger partial charge in [0.25, 0.3) is 0 Å². The van der Waals surface area contributed by atoms with Crippen molar-refractivity contribution in [1.29, 1.82) is 0 Å². The van der Waals surface area contributed by atoms with E-state index in [2.05, 4.69) is 10.6 Å². The Morgan fingerprint density at radius 2 is 1.95 bits per heavy atom. The maximum absolute atomic E-state index is 11.6. The van der Waals surface area contributed by atoms with E-state index in [9.17, 15) is 9.59 Å². The summed E-state index contributed by atoms with van der Waals surface area (Å²) in [6, 6.07) is 6.87. The van der Waals surface area contributed by atoms with E-state index in [0.29, 0.717) is 25.4 Å². The molecule has 0 fully saturated rings. The van der Waals surface area contributed by atoms with Crippen molar-refractivity contribution in [2.45, 2.75) is 26.2 Å². The molecule has 6 heteroatoms. The molecule has 1 aromatic carbocycles. The topological polar surface area (TPSA) is 87.7 Å². The molecule has 0 heterocycles. The summed E-state index contributed by atoms with van der Waals surface area (Å²) in [4.78, 5) is 22.3. The van der Waals surface area contributed by atoms with Gasteiger partial charge in [-0.25, -0.2) is 4.79 Å². The summed E-state index contributed by atoms with van der Waals surface area (Å²) in [5.41, 5.74) is 1.59. The van der Waals surface area contributed by atoms with E-state index < -0.39 is 5.97 Å². The maximum Gasteiger partial charge on any atom is 0.319 e. The first-order valence-corrected chi connectivity index (χ1v) is 6.97. The van der Waals surface area contributed by atoms with Gasteiger partial charge in [-0.1, -0.05) is 19.1 Å². The molecule has 0 aliphatic rings. The van der Waals surface area contributed by atoms with Gasteiger partial charge in [0.05, 0.1) is 13.0 Å². The minimum absolute atomic E-state index is 0.0587. The molecule has 3 N–H and O–H groups in total. The van der Waals surface area contributed by atoms with Gasteiger partial charge in [-0.15, -0.1) is 0 Å². The minimum Gasteiger partial charge on any atom is -0.481 e. The predicted octanol–water partition coefficient (Wildman–Crippen LogP) is 2.42. The lowest BCUT2D eigenvalue weighted by Gasteiger charge is -2.11. The number of rotatable bonds is 8. The van der Waals surface area contributed by atoms with Gasteiger partial charge in [-0.2, -0.15) is 0 Å². The first-order chi connectivity index (χ1) is 10.0. The maximum atomic E-state index is 11.6. The summed E-state index contributed by atoms with van der Waals surface area (Å²) in [6.07, 6.45) is 0.0880. The molecule has 21 heavy (non-hydrogen) atoms. The van der Waals surface area contributed by atoms with Crippen LogP contribution in [0.5, 0.6) is 0 Å². The first-order valence-electron chi connectivity index (χ1n) is 6.97. The molecule has 1 atom stereocenters. The van der Waals surface area contributed by atoms with Gasteiger partial charge in [-0.3, -0.25) is 4.79 Å². The first kappa shape index (κ1) is 17.0. The number of carboxylic acids is 1. The number of aliphatic carboxylic acids is 1. The second-order valence-electron chi connectivity index (χ2n) is 4.70. The number of amides is 2. The van der Waals surface area contributed by atoms with Gasteiger partial charge in [0.1, 0.15) is 0 Å². The van der Waals surface area contributed by atoms with Gasteiger partial charge in [0, 0.05) is 18.8 Å². The third-order valence-corrected chi connectivity index (χ3v) is 2.95. The second-order valence-corrected chi connectivity index (χ2v) is 4.70. The predicted molar refractivity (Wildman–Crippen MR) is 80.6 cm³/mol. The molecule has 1 aromatic rings. The van der Waals surface area contributed by atoms with Crippen molar-refractivity contribution < 1.29 is 19.4 Å². The summed E-state index contributed by atoms with van der Waals surface area (Å²) in [5.74, 6) is -0.880. The van der Waals surface area contributed by atoms with E-state index in [1.807, 2.05) is 26.0 Å². The molecule has 1 unspecified atom stereocenters. The monoisotopic (exact) mass is 294 g/mol. The van der Waals surface area contributed by atoms with Crippen LogP contribution in [0, 0.1) is 0 Å². The van der Waals surface area contributed by atoms with Crippen molar-refractivity contribution in [3.63, 3.8) is 0 Å². The van der Waals surface area contributed by atoms with Gasteiger partial charge in [0.15, 0.2) is 0 Å². The van der Waals surface area contributed by atoms with Crippen molar-refractivity contribution in [2.75, 3.05) is 25.1 Å².